The van der Waals surface area contributed by atoms with Crippen LogP contribution in [0.4, 0.5) is 0 Å². The Balaban J connectivity index is 1.85. The van der Waals surface area contributed by atoms with Crippen molar-refractivity contribution in [3.05, 3.63) is 0 Å². The molecule has 0 aromatic heterocycles. The summed E-state index contributed by atoms with van der Waals surface area (Å²) in [4.78, 5) is 0. The molecule has 0 unspecified atom stereocenters. The standard InChI is InChI=1S/C14H24O5S/c1-6-20-12-11-10(18-14(4,5)19-11)9-8(7-15-12)16-13(2,3)17-9/h8-12H,6-7H2,1-5H3/t8-,9-,10+,11-,12-/m1/s1. The van der Waals surface area contributed by atoms with Gasteiger partial charge in [-0.2, -0.15) is 0 Å². The van der Waals surface area contributed by atoms with Gasteiger partial charge in [0.2, 0.25) is 0 Å². The molecule has 0 bridgehead atoms. The maximum atomic E-state index is 6.10. The van der Waals surface area contributed by atoms with Crippen LogP contribution in [0.1, 0.15) is 34.6 Å². The summed E-state index contributed by atoms with van der Waals surface area (Å²) >= 11 is 1.74. The third kappa shape index (κ3) is 2.74. The van der Waals surface area contributed by atoms with E-state index in [1.54, 1.807) is 11.8 Å². The smallest absolute Gasteiger partial charge is 0.164 e. The van der Waals surface area contributed by atoms with Gasteiger partial charge in [0.15, 0.2) is 11.6 Å². The van der Waals surface area contributed by atoms with E-state index in [2.05, 4.69) is 6.92 Å². The van der Waals surface area contributed by atoms with Crippen LogP contribution in [0.15, 0.2) is 0 Å². The molecule has 6 heteroatoms. The topological polar surface area (TPSA) is 46.2 Å². The van der Waals surface area contributed by atoms with Crippen LogP contribution in [-0.4, -0.2) is 53.8 Å². The number of hydrogen-bond acceptors (Lipinski definition) is 6. The Morgan fingerprint density at radius 3 is 2.20 bits per heavy atom. The molecular weight excluding hydrogens is 280 g/mol. The highest BCUT2D eigenvalue weighted by molar-refractivity contribution is 7.99. The lowest BCUT2D eigenvalue weighted by atomic mass is 10.1. The van der Waals surface area contributed by atoms with Gasteiger partial charge >= 0.3 is 0 Å². The molecule has 0 aliphatic carbocycles. The molecule has 3 rings (SSSR count). The van der Waals surface area contributed by atoms with Crippen LogP contribution in [0.3, 0.4) is 0 Å². The average molecular weight is 304 g/mol. The Labute approximate surface area is 124 Å². The van der Waals surface area contributed by atoms with Crippen molar-refractivity contribution in [2.75, 3.05) is 12.4 Å². The summed E-state index contributed by atoms with van der Waals surface area (Å²) in [5, 5.41) is 0. The first-order chi connectivity index (χ1) is 9.31. The first-order valence-corrected chi connectivity index (χ1v) is 8.31. The maximum Gasteiger partial charge on any atom is 0.164 e. The highest BCUT2D eigenvalue weighted by Gasteiger charge is 2.57. The minimum atomic E-state index is -0.608. The van der Waals surface area contributed by atoms with Crippen LogP contribution in [0.2, 0.25) is 0 Å². The van der Waals surface area contributed by atoms with Crippen LogP contribution in [0.5, 0.6) is 0 Å². The number of thioether (sulfide) groups is 1. The van der Waals surface area contributed by atoms with Crippen molar-refractivity contribution in [3.8, 4) is 0 Å². The SMILES string of the molecule is CCS[C@H]1OC[C@H]2OC(C)(C)O[C@H]2[C@@H]2OC(C)(C)O[C@H]21. The van der Waals surface area contributed by atoms with Crippen molar-refractivity contribution < 1.29 is 23.7 Å². The Morgan fingerprint density at radius 1 is 0.900 bits per heavy atom. The molecule has 0 radical (unpaired) electrons. The summed E-state index contributed by atoms with van der Waals surface area (Å²) in [6.07, 6.45) is -0.512. The minimum absolute atomic E-state index is 0.0345. The largest absolute Gasteiger partial charge is 0.362 e. The second-order valence-electron chi connectivity index (χ2n) is 6.36. The van der Waals surface area contributed by atoms with E-state index in [1.165, 1.54) is 0 Å². The third-order valence-corrected chi connectivity index (χ3v) is 4.80. The van der Waals surface area contributed by atoms with Crippen LogP contribution in [-0.2, 0) is 23.7 Å². The highest BCUT2D eigenvalue weighted by atomic mass is 32.2. The van der Waals surface area contributed by atoms with Gasteiger partial charge in [-0.15, -0.1) is 11.8 Å². The van der Waals surface area contributed by atoms with E-state index < -0.39 is 11.6 Å². The lowest BCUT2D eigenvalue weighted by molar-refractivity contribution is -0.175. The van der Waals surface area contributed by atoms with E-state index in [4.69, 9.17) is 23.7 Å². The summed E-state index contributed by atoms with van der Waals surface area (Å²) in [5.41, 5.74) is -0.0345. The zero-order valence-corrected chi connectivity index (χ0v) is 13.6. The van der Waals surface area contributed by atoms with E-state index in [0.717, 1.165) is 5.75 Å². The number of hydrogen-bond donors (Lipinski definition) is 0. The molecule has 20 heavy (non-hydrogen) atoms. The summed E-state index contributed by atoms with van der Waals surface area (Å²) in [6.45, 7) is 10.4. The molecule has 3 saturated heterocycles. The molecule has 0 aromatic carbocycles. The van der Waals surface area contributed by atoms with Gasteiger partial charge < -0.3 is 23.7 Å². The first-order valence-electron chi connectivity index (χ1n) is 7.26. The van der Waals surface area contributed by atoms with Gasteiger partial charge in [0.05, 0.1) is 6.61 Å². The molecule has 116 valence electrons. The predicted octanol–water partition coefficient (Wildman–Crippen LogP) is 2.14. The summed E-state index contributed by atoms with van der Waals surface area (Å²) in [6, 6.07) is 0. The molecule has 5 nitrogen and oxygen atoms in total. The lowest BCUT2D eigenvalue weighted by Crippen LogP contribution is -2.43. The van der Waals surface area contributed by atoms with Gasteiger partial charge in [0, 0.05) is 0 Å². The molecule has 3 fully saturated rings. The zero-order chi connectivity index (χ0) is 14.5. The minimum Gasteiger partial charge on any atom is -0.362 e. The molecule has 3 aliphatic heterocycles. The van der Waals surface area contributed by atoms with Crippen LogP contribution >= 0.6 is 11.8 Å². The number of rotatable bonds is 2. The molecule has 0 spiro atoms. The van der Waals surface area contributed by atoms with Gasteiger partial charge in [-0.3, -0.25) is 0 Å². The summed E-state index contributed by atoms with van der Waals surface area (Å²) in [7, 11) is 0. The molecule has 3 aliphatic rings. The molecule has 5 atom stereocenters. The van der Waals surface area contributed by atoms with Crippen molar-refractivity contribution in [3.63, 3.8) is 0 Å². The lowest BCUT2D eigenvalue weighted by Gasteiger charge is -2.26. The number of ether oxygens (including phenoxy) is 5. The fourth-order valence-electron chi connectivity index (χ4n) is 3.14. The second kappa shape index (κ2) is 5.11. The normalized spacial score (nSPS) is 45.8. The van der Waals surface area contributed by atoms with Gasteiger partial charge in [0.25, 0.3) is 0 Å². The fraction of sp³-hybridized carbons (Fsp3) is 1.00. The van der Waals surface area contributed by atoms with Gasteiger partial charge in [0.1, 0.15) is 29.9 Å². The maximum absolute atomic E-state index is 6.10. The van der Waals surface area contributed by atoms with Gasteiger partial charge in [-0.1, -0.05) is 6.92 Å². The van der Waals surface area contributed by atoms with Crippen molar-refractivity contribution in [2.45, 2.75) is 76.0 Å². The van der Waals surface area contributed by atoms with Crippen molar-refractivity contribution in [1.82, 2.24) is 0 Å². The number of fused-ring (bicyclic) bond motifs is 3. The first kappa shape index (κ1) is 15.1. The van der Waals surface area contributed by atoms with E-state index in [9.17, 15) is 0 Å². The molecular formula is C14H24O5S. The zero-order valence-electron chi connectivity index (χ0n) is 12.8. The van der Waals surface area contributed by atoms with E-state index in [0.29, 0.717) is 6.61 Å². The van der Waals surface area contributed by atoms with Crippen LogP contribution in [0, 0.1) is 0 Å². The van der Waals surface area contributed by atoms with E-state index >= 15 is 0 Å². The monoisotopic (exact) mass is 304 g/mol. The third-order valence-electron chi connectivity index (χ3n) is 3.73. The molecule has 0 saturated carbocycles. The Hall–Kier alpha value is 0.150. The van der Waals surface area contributed by atoms with Crippen molar-refractivity contribution >= 4 is 11.8 Å². The second-order valence-corrected chi connectivity index (χ2v) is 7.74. The summed E-state index contributed by atoms with van der Waals surface area (Å²) < 4.78 is 30.2. The van der Waals surface area contributed by atoms with E-state index in [1.807, 2.05) is 27.7 Å². The van der Waals surface area contributed by atoms with Gasteiger partial charge in [-0.05, 0) is 33.4 Å². The fourth-order valence-corrected chi connectivity index (χ4v) is 4.05. The van der Waals surface area contributed by atoms with Crippen molar-refractivity contribution in [2.24, 2.45) is 0 Å². The summed E-state index contributed by atoms with van der Waals surface area (Å²) in [5.74, 6) is -0.229. The average Bonchev–Trinajstić information content (AvgIpc) is 2.77. The predicted molar refractivity (Wildman–Crippen MR) is 75.5 cm³/mol. The Kier molecular flexibility index (Phi) is 3.85. The van der Waals surface area contributed by atoms with E-state index in [-0.39, 0.29) is 29.9 Å². The molecule has 0 amide bonds. The van der Waals surface area contributed by atoms with Gasteiger partial charge in [-0.25, -0.2) is 0 Å². The van der Waals surface area contributed by atoms with Crippen LogP contribution < -0.4 is 0 Å². The quantitative estimate of drug-likeness (QED) is 0.779. The Bertz CT molecular complexity index is 373. The van der Waals surface area contributed by atoms with Crippen molar-refractivity contribution in [1.29, 1.82) is 0 Å². The molecule has 0 aromatic rings. The molecule has 3 heterocycles. The van der Waals surface area contributed by atoms with Crippen LogP contribution in [0.25, 0.3) is 0 Å². The Morgan fingerprint density at radius 2 is 1.50 bits per heavy atom. The molecule has 0 N–H and O–H groups in total. The highest BCUT2D eigenvalue weighted by Crippen LogP contribution is 2.43.